The van der Waals surface area contributed by atoms with Crippen molar-refractivity contribution in [1.29, 1.82) is 0 Å². The van der Waals surface area contributed by atoms with Gasteiger partial charge in [-0.25, -0.2) is 0 Å². The van der Waals surface area contributed by atoms with Crippen LogP contribution in [0.5, 0.6) is 0 Å². The molecule has 0 saturated carbocycles. The molecule has 4 nitrogen and oxygen atoms in total. The molecule has 0 saturated heterocycles. The fourth-order valence-corrected chi connectivity index (χ4v) is 6.59. The normalized spacial score (nSPS) is 12.7. The quantitative estimate of drug-likeness (QED) is 0.545. The lowest BCUT2D eigenvalue weighted by molar-refractivity contribution is 0.181. The SMILES string of the molecule is CCSc1c(Cl)c(P(=S)(OC(C)C)OC(C)C)nn1C. The lowest BCUT2D eigenvalue weighted by atomic mass is 10.5. The Labute approximate surface area is 135 Å². The molecule has 1 aromatic rings. The molecule has 1 rings (SSSR count). The standard InChI is InChI=1S/C12H22ClN2O2PS2/c1-7-20-12-10(13)11(14-15(12)6)18(19,16-8(2)3)17-9(4)5/h8-9H,7H2,1-6H3. The van der Waals surface area contributed by atoms with Crippen molar-refractivity contribution in [2.24, 2.45) is 7.05 Å². The van der Waals surface area contributed by atoms with Crippen LogP contribution in [0.4, 0.5) is 0 Å². The summed E-state index contributed by atoms with van der Waals surface area (Å²) >= 11 is 13.8. The third kappa shape index (κ3) is 4.46. The molecule has 0 N–H and O–H groups in total. The highest BCUT2D eigenvalue weighted by molar-refractivity contribution is 8.13. The molecule has 0 spiro atoms. The van der Waals surface area contributed by atoms with E-state index in [2.05, 4.69) is 12.0 Å². The summed E-state index contributed by atoms with van der Waals surface area (Å²) in [5.74, 6) is 0.914. The van der Waals surface area contributed by atoms with E-state index in [1.54, 1.807) is 16.4 Å². The molecule has 0 fully saturated rings. The number of hydrogen-bond donors (Lipinski definition) is 0. The van der Waals surface area contributed by atoms with Gasteiger partial charge in [0.05, 0.1) is 12.2 Å². The topological polar surface area (TPSA) is 36.3 Å². The van der Waals surface area contributed by atoms with Gasteiger partial charge in [-0.1, -0.05) is 18.5 Å². The van der Waals surface area contributed by atoms with Crippen LogP contribution in [-0.4, -0.2) is 27.7 Å². The molecule has 0 aliphatic heterocycles. The summed E-state index contributed by atoms with van der Waals surface area (Å²) in [7, 11) is 1.86. The largest absolute Gasteiger partial charge is 0.322 e. The first-order valence-electron chi connectivity index (χ1n) is 6.54. The lowest BCUT2D eigenvalue weighted by Crippen LogP contribution is -2.19. The molecule has 0 atom stereocenters. The second-order valence-electron chi connectivity index (χ2n) is 4.81. The Morgan fingerprint density at radius 1 is 1.30 bits per heavy atom. The predicted molar refractivity (Wildman–Crippen MR) is 91.0 cm³/mol. The minimum atomic E-state index is -2.70. The molecule has 0 aliphatic rings. The second kappa shape index (κ2) is 7.61. The van der Waals surface area contributed by atoms with Crippen molar-refractivity contribution < 1.29 is 9.05 Å². The van der Waals surface area contributed by atoms with Crippen molar-refractivity contribution in [2.45, 2.75) is 51.9 Å². The Morgan fingerprint density at radius 3 is 2.20 bits per heavy atom. The van der Waals surface area contributed by atoms with Gasteiger partial charge in [-0.3, -0.25) is 4.68 Å². The Balaban J connectivity index is 3.27. The molecule has 0 aliphatic carbocycles. The zero-order chi connectivity index (χ0) is 15.5. The summed E-state index contributed by atoms with van der Waals surface area (Å²) in [5.41, 5.74) is 0.565. The highest BCUT2D eigenvalue weighted by Gasteiger charge is 2.33. The van der Waals surface area contributed by atoms with Gasteiger partial charge in [0.15, 0.2) is 5.44 Å². The zero-order valence-electron chi connectivity index (χ0n) is 12.7. The van der Waals surface area contributed by atoms with Crippen molar-refractivity contribution >= 4 is 47.1 Å². The molecule has 1 heterocycles. The summed E-state index contributed by atoms with van der Waals surface area (Å²) in [6, 6.07) is 0. The third-order valence-corrected chi connectivity index (χ3v) is 7.06. The maximum absolute atomic E-state index is 6.46. The third-order valence-electron chi connectivity index (χ3n) is 2.16. The number of aromatic nitrogens is 2. The minimum Gasteiger partial charge on any atom is -0.322 e. The smallest absolute Gasteiger partial charge is 0.242 e. The predicted octanol–water partition coefficient (Wildman–Crippen LogP) is 3.97. The first-order valence-corrected chi connectivity index (χ1v) is 10.5. The van der Waals surface area contributed by atoms with E-state index in [1.807, 2.05) is 34.7 Å². The fraction of sp³-hybridized carbons (Fsp3) is 0.750. The Morgan fingerprint density at radius 2 is 1.80 bits per heavy atom. The van der Waals surface area contributed by atoms with Crippen LogP contribution in [-0.2, 0) is 27.9 Å². The van der Waals surface area contributed by atoms with Gasteiger partial charge in [-0.05, 0) is 45.3 Å². The molecular weight excluding hydrogens is 335 g/mol. The molecule has 8 heteroatoms. The highest BCUT2D eigenvalue weighted by Crippen LogP contribution is 2.51. The van der Waals surface area contributed by atoms with Gasteiger partial charge in [0.25, 0.3) is 0 Å². The molecule has 116 valence electrons. The van der Waals surface area contributed by atoms with E-state index in [1.165, 1.54) is 0 Å². The molecule has 0 radical (unpaired) electrons. The van der Waals surface area contributed by atoms with Crippen LogP contribution in [0.1, 0.15) is 34.6 Å². The number of thioether (sulfide) groups is 1. The Hall–Kier alpha value is 0.420. The van der Waals surface area contributed by atoms with Crippen LogP contribution in [0, 0.1) is 0 Å². The molecular formula is C12H22ClN2O2PS2. The van der Waals surface area contributed by atoms with E-state index < -0.39 is 6.49 Å². The maximum Gasteiger partial charge on any atom is 0.242 e. The molecule has 0 bridgehead atoms. The van der Waals surface area contributed by atoms with Gasteiger partial charge in [-0.2, -0.15) is 5.10 Å². The first kappa shape index (κ1) is 18.5. The Kier molecular flexibility index (Phi) is 7.03. The molecule has 0 amide bonds. The van der Waals surface area contributed by atoms with Crippen LogP contribution in [0.2, 0.25) is 5.02 Å². The van der Waals surface area contributed by atoms with Crippen LogP contribution in [0.15, 0.2) is 5.03 Å². The first-order chi connectivity index (χ1) is 9.21. The number of aryl methyl sites for hydroxylation is 1. The van der Waals surface area contributed by atoms with Crippen LogP contribution >= 0.6 is 29.9 Å². The van der Waals surface area contributed by atoms with Gasteiger partial charge in [0.1, 0.15) is 10.0 Å². The molecule has 0 unspecified atom stereocenters. The van der Waals surface area contributed by atoms with Crippen molar-refractivity contribution in [2.75, 3.05) is 5.75 Å². The molecule has 0 aromatic carbocycles. The fourth-order valence-electron chi connectivity index (χ4n) is 1.62. The van der Waals surface area contributed by atoms with Gasteiger partial charge < -0.3 is 9.05 Å². The molecule has 1 aromatic heterocycles. The second-order valence-corrected chi connectivity index (χ2v) is 9.72. The minimum absolute atomic E-state index is 0.0417. The van der Waals surface area contributed by atoms with Gasteiger partial charge in [0, 0.05) is 7.05 Å². The monoisotopic (exact) mass is 356 g/mol. The van der Waals surface area contributed by atoms with Crippen molar-refractivity contribution in [3.63, 3.8) is 0 Å². The van der Waals surface area contributed by atoms with E-state index in [-0.39, 0.29) is 12.2 Å². The number of halogens is 1. The number of rotatable bonds is 7. The average molecular weight is 357 g/mol. The number of nitrogens with zero attached hydrogens (tertiary/aromatic N) is 2. The average Bonchev–Trinajstić information content (AvgIpc) is 2.55. The summed E-state index contributed by atoms with van der Waals surface area (Å²) < 4.78 is 13.5. The molecule has 20 heavy (non-hydrogen) atoms. The van der Waals surface area contributed by atoms with Crippen LogP contribution in [0.25, 0.3) is 0 Å². The van der Waals surface area contributed by atoms with Crippen molar-refractivity contribution in [3.05, 3.63) is 5.02 Å². The van der Waals surface area contributed by atoms with E-state index in [4.69, 9.17) is 32.5 Å². The van der Waals surface area contributed by atoms with Gasteiger partial charge >= 0.3 is 0 Å². The lowest BCUT2D eigenvalue weighted by Gasteiger charge is -2.25. The van der Waals surface area contributed by atoms with Crippen molar-refractivity contribution in [1.82, 2.24) is 9.78 Å². The number of hydrogen-bond acceptors (Lipinski definition) is 5. The maximum atomic E-state index is 6.46. The van der Waals surface area contributed by atoms with Crippen molar-refractivity contribution in [3.8, 4) is 0 Å². The summed E-state index contributed by atoms with van der Waals surface area (Å²) in [4.78, 5) is 0. The van der Waals surface area contributed by atoms with Gasteiger partial charge in [-0.15, -0.1) is 11.8 Å². The summed E-state index contributed by atoms with van der Waals surface area (Å²) in [6.45, 7) is 7.11. The van der Waals surface area contributed by atoms with E-state index in [9.17, 15) is 0 Å². The van der Waals surface area contributed by atoms with Crippen LogP contribution in [0.3, 0.4) is 0 Å². The summed E-state index contributed by atoms with van der Waals surface area (Å²) in [5, 5.41) is 5.93. The van der Waals surface area contributed by atoms with E-state index >= 15 is 0 Å². The summed E-state index contributed by atoms with van der Waals surface area (Å²) in [6.07, 6.45) is -0.0835. The Bertz CT molecular complexity index is 492. The van der Waals surface area contributed by atoms with E-state index in [0.717, 1.165) is 10.8 Å². The van der Waals surface area contributed by atoms with E-state index in [0.29, 0.717) is 10.5 Å². The van der Waals surface area contributed by atoms with Crippen LogP contribution < -0.4 is 5.44 Å². The highest BCUT2D eigenvalue weighted by atomic mass is 35.5. The zero-order valence-corrected chi connectivity index (χ0v) is 16.0. The van der Waals surface area contributed by atoms with Gasteiger partial charge in [0.2, 0.25) is 6.49 Å².